The van der Waals surface area contributed by atoms with E-state index in [1.54, 1.807) is 0 Å². The summed E-state index contributed by atoms with van der Waals surface area (Å²) in [5, 5.41) is 12.1. The zero-order valence-electron chi connectivity index (χ0n) is 11.4. The van der Waals surface area contributed by atoms with Gasteiger partial charge in [0, 0.05) is 12.2 Å². The number of carbonyl (C=O) groups is 1. The number of halogens is 3. The minimum Gasteiger partial charge on any atom is -0.481 e. The third-order valence-corrected chi connectivity index (χ3v) is 3.75. The second-order valence-electron chi connectivity index (χ2n) is 5.26. The number of nitrogens with one attached hydrogen (secondary N) is 1. The molecule has 2 N–H and O–H groups in total. The van der Waals surface area contributed by atoms with Gasteiger partial charge in [0.25, 0.3) is 0 Å². The first-order valence-electron chi connectivity index (χ1n) is 6.90. The van der Waals surface area contributed by atoms with E-state index in [-0.39, 0.29) is 11.9 Å². The van der Waals surface area contributed by atoms with Crippen LogP contribution in [0.25, 0.3) is 0 Å². The van der Waals surface area contributed by atoms with E-state index < -0.39 is 23.6 Å². The number of carboxylic acids is 1. The Balaban J connectivity index is 2.17. The summed E-state index contributed by atoms with van der Waals surface area (Å²) >= 11 is 0. The molecule has 0 bridgehead atoms. The zero-order valence-corrected chi connectivity index (χ0v) is 11.4. The summed E-state index contributed by atoms with van der Waals surface area (Å²) in [4.78, 5) is 15.2. The van der Waals surface area contributed by atoms with Gasteiger partial charge in [-0.05, 0) is 25.0 Å². The van der Waals surface area contributed by atoms with Crippen LogP contribution >= 0.6 is 0 Å². The lowest BCUT2D eigenvalue weighted by Gasteiger charge is -2.23. The molecule has 1 saturated carbocycles. The zero-order chi connectivity index (χ0) is 15.5. The van der Waals surface area contributed by atoms with Crippen molar-refractivity contribution >= 4 is 11.8 Å². The number of aliphatic carboxylic acids is 1. The van der Waals surface area contributed by atoms with E-state index in [0.717, 1.165) is 37.6 Å². The highest BCUT2D eigenvalue weighted by Gasteiger charge is 2.32. The van der Waals surface area contributed by atoms with Gasteiger partial charge in [-0.15, -0.1) is 0 Å². The minimum atomic E-state index is -4.44. The molecule has 2 atom stereocenters. The summed E-state index contributed by atoms with van der Waals surface area (Å²) in [7, 11) is 0. The van der Waals surface area contributed by atoms with E-state index in [2.05, 4.69) is 10.3 Å². The Morgan fingerprint density at radius 2 is 2.00 bits per heavy atom. The molecule has 0 spiro atoms. The highest BCUT2D eigenvalue weighted by Crippen LogP contribution is 2.31. The number of rotatable bonds is 3. The van der Waals surface area contributed by atoms with E-state index in [1.165, 1.54) is 0 Å². The van der Waals surface area contributed by atoms with Gasteiger partial charge < -0.3 is 10.4 Å². The van der Waals surface area contributed by atoms with Crippen molar-refractivity contribution in [2.75, 3.05) is 5.32 Å². The maximum Gasteiger partial charge on any atom is 0.416 e. The highest BCUT2D eigenvalue weighted by atomic mass is 19.4. The third-order valence-electron chi connectivity index (χ3n) is 3.75. The summed E-state index contributed by atoms with van der Waals surface area (Å²) < 4.78 is 38.0. The van der Waals surface area contributed by atoms with Crippen molar-refractivity contribution in [1.29, 1.82) is 0 Å². The fraction of sp³-hybridized carbons (Fsp3) is 0.571. The number of alkyl halides is 3. The van der Waals surface area contributed by atoms with Crippen molar-refractivity contribution in [3.63, 3.8) is 0 Å². The van der Waals surface area contributed by atoms with E-state index in [4.69, 9.17) is 0 Å². The van der Waals surface area contributed by atoms with Crippen LogP contribution in [-0.4, -0.2) is 22.1 Å². The Hall–Kier alpha value is -1.79. The molecule has 1 aromatic rings. The van der Waals surface area contributed by atoms with Gasteiger partial charge in [-0.2, -0.15) is 13.2 Å². The van der Waals surface area contributed by atoms with Crippen molar-refractivity contribution in [1.82, 2.24) is 4.98 Å². The van der Waals surface area contributed by atoms with Crippen LogP contribution in [-0.2, 0) is 11.0 Å². The molecule has 0 radical (unpaired) electrons. The van der Waals surface area contributed by atoms with Crippen LogP contribution in [0.15, 0.2) is 18.3 Å². The summed E-state index contributed by atoms with van der Waals surface area (Å²) in [5.74, 6) is -1.44. The van der Waals surface area contributed by atoms with Gasteiger partial charge in [-0.1, -0.05) is 19.3 Å². The average molecular weight is 302 g/mol. The van der Waals surface area contributed by atoms with Crippen LogP contribution in [0.2, 0.25) is 0 Å². The molecule has 4 nitrogen and oxygen atoms in total. The molecule has 0 aromatic carbocycles. The van der Waals surface area contributed by atoms with Crippen molar-refractivity contribution in [2.24, 2.45) is 5.92 Å². The number of aromatic nitrogens is 1. The molecular weight excluding hydrogens is 285 g/mol. The molecule has 1 aliphatic carbocycles. The number of pyridine rings is 1. The predicted molar refractivity (Wildman–Crippen MR) is 70.9 cm³/mol. The lowest BCUT2D eigenvalue weighted by molar-refractivity contribution is -0.142. The maximum atomic E-state index is 12.7. The highest BCUT2D eigenvalue weighted by molar-refractivity contribution is 5.71. The number of hydrogen-bond donors (Lipinski definition) is 2. The van der Waals surface area contributed by atoms with Crippen molar-refractivity contribution in [3.8, 4) is 0 Å². The summed E-state index contributed by atoms with van der Waals surface area (Å²) in [5.41, 5.74) is -0.791. The molecule has 21 heavy (non-hydrogen) atoms. The van der Waals surface area contributed by atoms with Gasteiger partial charge >= 0.3 is 12.1 Å². The van der Waals surface area contributed by atoms with Gasteiger partial charge in [0.05, 0.1) is 11.5 Å². The molecule has 2 unspecified atom stereocenters. The van der Waals surface area contributed by atoms with Crippen LogP contribution in [0.1, 0.15) is 37.7 Å². The standard InChI is InChI=1S/C14H17F3N2O2/c15-14(16,17)9-6-7-18-12(8-9)19-11-5-3-1-2-4-10(11)13(20)21/h6-8,10-11H,1-5H2,(H,18,19)(H,20,21). The lowest BCUT2D eigenvalue weighted by Crippen LogP contribution is -2.34. The molecule has 116 valence electrons. The van der Waals surface area contributed by atoms with Gasteiger partial charge in [0.2, 0.25) is 0 Å². The van der Waals surface area contributed by atoms with E-state index in [0.29, 0.717) is 12.8 Å². The monoisotopic (exact) mass is 302 g/mol. The van der Waals surface area contributed by atoms with Crippen molar-refractivity contribution < 1.29 is 23.1 Å². The first-order chi connectivity index (χ1) is 9.88. The van der Waals surface area contributed by atoms with Crippen LogP contribution in [0.5, 0.6) is 0 Å². The van der Waals surface area contributed by atoms with Crippen LogP contribution in [0, 0.1) is 5.92 Å². The summed E-state index contributed by atoms with van der Waals surface area (Å²) in [6.45, 7) is 0. The third kappa shape index (κ3) is 4.09. The van der Waals surface area contributed by atoms with E-state index in [1.807, 2.05) is 0 Å². The molecule has 7 heteroatoms. The largest absolute Gasteiger partial charge is 0.481 e. The molecule has 1 aromatic heterocycles. The molecule has 1 heterocycles. The Bertz CT molecular complexity index is 505. The Morgan fingerprint density at radius 1 is 1.29 bits per heavy atom. The molecule has 1 aliphatic rings. The number of hydrogen-bond acceptors (Lipinski definition) is 3. The fourth-order valence-corrected chi connectivity index (χ4v) is 2.65. The molecule has 1 fully saturated rings. The van der Waals surface area contributed by atoms with Gasteiger partial charge in [-0.25, -0.2) is 4.98 Å². The molecule has 0 saturated heterocycles. The van der Waals surface area contributed by atoms with Gasteiger partial charge in [0.1, 0.15) is 5.82 Å². The summed E-state index contributed by atoms with van der Waals surface area (Å²) in [6, 6.07) is 1.43. The Morgan fingerprint density at radius 3 is 2.67 bits per heavy atom. The minimum absolute atomic E-state index is 0.0722. The number of carboxylic acid groups (broad SMARTS) is 1. The lowest BCUT2D eigenvalue weighted by atomic mass is 9.95. The SMILES string of the molecule is O=C(O)C1CCCCCC1Nc1cc(C(F)(F)F)ccn1. The first kappa shape index (κ1) is 15.6. The molecule has 2 rings (SSSR count). The van der Waals surface area contributed by atoms with Crippen LogP contribution in [0.3, 0.4) is 0 Å². The number of anilines is 1. The van der Waals surface area contributed by atoms with Gasteiger partial charge in [-0.3, -0.25) is 4.79 Å². The molecule has 0 amide bonds. The Labute approximate surface area is 120 Å². The first-order valence-corrected chi connectivity index (χ1v) is 6.90. The van der Waals surface area contributed by atoms with Crippen molar-refractivity contribution in [2.45, 2.75) is 44.3 Å². The topological polar surface area (TPSA) is 62.2 Å². The Kier molecular flexibility index (Phi) is 4.69. The molecule has 0 aliphatic heterocycles. The maximum absolute atomic E-state index is 12.7. The summed E-state index contributed by atoms with van der Waals surface area (Å²) in [6.07, 6.45) is 0.428. The second-order valence-corrected chi connectivity index (χ2v) is 5.26. The predicted octanol–water partition coefficient (Wildman–Crippen LogP) is 3.55. The van der Waals surface area contributed by atoms with Crippen LogP contribution < -0.4 is 5.32 Å². The van der Waals surface area contributed by atoms with E-state index in [9.17, 15) is 23.1 Å². The van der Waals surface area contributed by atoms with Crippen molar-refractivity contribution in [3.05, 3.63) is 23.9 Å². The van der Waals surface area contributed by atoms with E-state index >= 15 is 0 Å². The quantitative estimate of drug-likeness (QED) is 0.838. The van der Waals surface area contributed by atoms with Gasteiger partial charge in [0.15, 0.2) is 0 Å². The average Bonchev–Trinajstić information content (AvgIpc) is 2.63. The number of nitrogens with zero attached hydrogens (tertiary/aromatic N) is 1. The normalized spacial score (nSPS) is 23.4. The van der Waals surface area contributed by atoms with Crippen LogP contribution in [0.4, 0.5) is 19.0 Å². The second kappa shape index (κ2) is 6.32. The smallest absolute Gasteiger partial charge is 0.416 e. The molecular formula is C14H17F3N2O2. The fourth-order valence-electron chi connectivity index (χ4n) is 2.65.